The third kappa shape index (κ3) is 4.87. The summed E-state index contributed by atoms with van der Waals surface area (Å²) in [7, 11) is 0. The molecule has 0 aliphatic carbocycles. The number of guanidine groups is 2. The lowest BCUT2D eigenvalue weighted by atomic mass is 10.1. The molecule has 1 fully saturated rings. The number of nitrogens with zero attached hydrogens (tertiary/aromatic N) is 1. The lowest BCUT2D eigenvalue weighted by molar-refractivity contribution is -0.0497. The van der Waals surface area contributed by atoms with Crippen LogP contribution in [-0.4, -0.2) is 36.5 Å². The average molecular weight is 311 g/mol. The number of rotatable bonds is 3. The molecular weight excluding hydrogens is 292 g/mol. The number of hydrogen-bond acceptors (Lipinski definition) is 3. The third-order valence-electron chi connectivity index (χ3n) is 3.24. The minimum atomic E-state index is -2.89. The summed E-state index contributed by atoms with van der Waals surface area (Å²) in [4.78, 5) is 1.87. The van der Waals surface area contributed by atoms with Gasteiger partial charge >= 0.3 is 6.61 Å². The Morgan fingerprint density at radius 1 is 1.18 bits per heavy atom. The molecular formula is C14H19F2N5O. The number of likely N-dealkylation sites (tertiary alicyclic amines) is 1. The van der Waals surface area contributed by atoms with E-state index in [1.807, 2.05) is 4.90 Å². The zero-order valence-electron chi connectivity index (χ0n) is 12.0. The summed E-state index contributed by atoms with van der Waals surface area (Å²) in [5, 5.41) is 21.1. The summed E-state index contributed by atoms with van der Waals surface area (Å²) < 4.78 is 28.6. The van der Waals surface area contributed by atoms with Crippen LogP contribution in [0.15, 0.2) is 24.3 Å². The van der Waals surface area contributed by atoms with Crippen molar-refractivity contribution in [3.63, 3.8) is 0 Å². The first-order valence-electron chi connectivity index (χ1n) is 7.05. The fraction of sp³-hybridized carbons (Fsp3) is 0.429. The normalized spacial score (nSPS) is 14.6. The summed E-state index contributed by atoms with van der Waals surface area (Å²) in [5.41, 5.74) is 0.432. The molecule has 0 spiro atoms. The molecule has 120 valence electrons. The van der Waals surface area contributed by atoms with Gasteiger partial charge in [0.1, 0.15) is 5.75 Å². The van der Waals surface area contributed by atoms with E-state index in [9.17, 15) is 8.78 Å². The second kappa shape index (κ2) is 7.58. The van der Waals surface area contributed by atoms with E-state index in [4.69, 9.17) is 10.8 Å². The lowest BCUT2D eigenvalue weighted by Crippen LogP contribution is -2.47. The van der Waals surface area contributed by atoms with E-state index >= 15 is 0 Å². The Balaban J connectivity index is 1.87. The highest BCUT2D eigenvalue weighted by atomic mass is 19.3. The van der Waals surface area contributed by atoms with Crippen molar-refractivity contribution in [3.8, 4) is 5.75 Å². The van der Waals surface area contributed by atoms with Crippen LogP contribution in [0, 0.1) is 10.8 Å². The lowest BCUT2D eigenvalue weighted by Gasteiger charge is -2.29. The average Bonchev–Trinajstić information content (AvgIpc) is 2.47. The Hall–Kier alpha value is -2.38. The van der Waals surface area contributed by atoms with Gasteiger partial charge in [-0.3, -0.25) is 16.1 Å². The van der Waals surface area contributed by atoms with Crippen LogP contribution in [0.1, 0.15) is 19.3 Å². The summed E-state index contributed by atoms with van der Waals surface area (Å²) in [6.45, 7) is -1.28. The van der Waals surface area contributed by atoms with Crippen LogP contribution in [0.5, 0.6) is 5.75 Å². The maximum absolute atomic E-state index is 12.2. The molecule has 0 unspecified atom stereocenters. The molecule has 4 N–H and O–H groups in total. The number of ether oxygens (including phenoxy) is 1. The van der Waals surface area contributed by atoms with Crippen molar-refractivity contribution in [1.82, 2.24) is 10.2 Å². The number of benzene rings is 1. The minimum absolute atomic E-state index is 0.0129. The predicted octanol–water partition coefficient (Wildman–Crippen LogP) is 2.64. The Labute approximate surface area is 127 Å². The smallest absolute Gasteiger partial charge is 0.387 e. The van der Waals surface area contributed by atoms with Crippen molar-refractivity contribution in [2.24, 2.45) is 0 Å². The Bertz CT molecular complexity index is 532. The van der Waals surface area contributed by atoms with Crippen LogP contribution in [0.4, 0.5) is 14.5 Å². The molecule has 0 amide bonds. The van der Waals surface area contributed by atoms with Gasteiger partial charge in [-0.1, -0.05) is 6.07 Å². The SMILES string of the molecule is N=C(NC(=N)N1CCCCC1)Nc1cccc(OC(F)F)c1. The molecule has 0 radical (unpaired) electrons. The first-order chi connectivity index (χ1) is 10.5. The van der Waals surface area contributed by atoms with Crippen LogP contribution in [0.2, 0.25) is 0 Å². The fourth-order valence-corrected chi connectivity index (χ4v) is 2.24. The molecule has 0 saturated carbocycles. The molecule has 8 heteroatoms. The van der Waals surface area contributed by atoms with Crippen molar-refractivity contribution in [2.45, 2.75) is 25.9 Å². The highest BCUT2D eigenvalue weighted by molar-refractivity contribution is 6.02. The van der Waals surface area contributed by atoms with E-state index in [-0.39, 0.29) is 17.7 Å². The van der Waals surface area contributed by atoms with E-state index in [1.54, 1.807) is 12.1 Å². The number of hydrogen-bond donors (Lipinski definition) is 4. The van der Waals surface area contributed by atoms with Crippen molar-refractivity contribution in [2.75, 3.05) is 18.4 Å². The van der Waals surface area contributed by atoms with Gasteiger partial charge in [0.2, 0.25) is 0 Å². The molecule has 6 nitrogen and oxygen atoms in total. The maximum atomic E-state index is 12.2. The molecule has 2 rings (SSSR count). The molecule has 1 aromatic rings. The molecule has 22 heavy (non-hydrogen) atoms. The van der Waals surface area contributed by atoms with Gasteiger partial charge in [-0.15, -0.1) is 0 Å². The van der Waals surface area contributed by atoms with Gasteiger partial charge in [-0.2, -0.15) is 8.78 Å². The van der Waals surface area contributed by atoms with Gasteiger partial charge in [0.25, 0.3) is 0 Å². The number of halogens is 2. The van der Waals surface area contributed by atoms with Crippen molar-refractivity contribution >= 4 is 17.6 Å². The molecule has 1 heterocycles. The fourth-order valence-electron chi connectivity index (χ4n) is 2.24. The first-order valence-corrected chi connectivity index (χ1v) is 7.05. The monoisotopic (exact) mass is 311 g/mol. The minimum Gasteiger partial charge on any atom is -0.435 e. The number of alkyl halides is 2. The van der Waals surface area contributed by atoms with Crippen molar-refractivity contribution < 1.29 is 13.5 Å². The molecule has 1 saturated heterocycles. The number of anilines is 1. The van der Waals surface area contributed by atoms with E-state index in [0.29, 0.717) is 5.69 Å². The second-order valence-electron chi connectivity index (χ2n) is 4.93. The largest absolute Gasteiger partial charge is 0.435 e. The molecule has 0 bridgehead atoms. The van der Waals surface area contributed by atoms with Crippen molar-refractivity contribution in [1.29, 1.82) is 10.8 Å². The molecule has 0 aromatic heterocycles. The summed E-state index contributed by atoms with van der Waals surface area (Å²) in [6, 6.07) is 5.94. The van der Waals surface area contributed by atoms with Crippen LogP contribution < -0.4 is 15.4 Å². The van der Waals surface area contributed by atoms with E-state index in [2.05, 4.69) is 15.4 Å². The predicted molar refractivity (Wildman–Crippen MR) is 80.7 cm³/mol. The Morgan fingerprint density at radius 3 is 2.59 bits per heavy atom. The number of piperidine rings is 1. The zero-order valence-corrected chi connectivity index (χ0v) is 12.0. The zero-order chi connectivity index (χ0) is 15.9. The molecule has 0 atom stereocenters. The summed E-state index contributed by atoms with van der Waals surface area (Å²) >= 11 is 0. The topological polar surface area (TPSA) is 84.2 Å². The quantitative estimate of drug-likeness (QED) is 0.511. The molecule has 1 aliphatic heterocycles. The first kappa shape index (κ1) is 16.0. The Morgan fingerprint density at radius 2 is 1.91 bits per heavy atom. The molecule has 1 aromatic carbocycles. The highest BCUT2D eigenvalue weighted by Crippen LogP contribution is 2.19. The second-order valence-corrected chi connectivity index (χ2v) is 4.93. The van der Waals surface area contributed by atoms with Crippen LogP contribution in [0.3, 0.4) is 0 Å². The standard InChI is InChI=1S/C14H19F2N5O/c15-12(16)22-11-6-4-5-10(9-11)19-13(17)20-14(18)21-7-2-1-3-8-21/h4-6,9,12H,1-3,7-8H2,(H4,17,18,19,20). The molecule has 1 aliphatic rings. The van der Waals surface area contributed by atoms with Gasteiger partial charge in [0.05, 0.1) is 0 Å². The highest BCUT2D eigenvalue weighted by Gasteiger charge is 2.14. The summed E-state index contributed by atoms with van der Waals surface area (Å²) in [6.07, 6.45) is 3.24. The van der Waals surface area contributed by atoms with Gasteiger partial charge in [-0.05, 0) is 31.4 Å². The van der Waals surface area contributed by atoms with E-state index < -0.39 is 6.61 Å². The van der Waals surface area contributed by atoms with Crippen molar-refractivity contribution in [3.05, 3.63) is 24.3 Å². The van der Waals surface area contributed by atoms with E-state index in [1.165, 1.54) is 12.1 Å². The van der Waals surface area contributed by atoms with Gasteiger partial charge in [0, 0.05) is 24.8 Å². The third-order valence-corrected chi connectivity index (χ3v) is 3.24. The van der Waals surface area contributed by atoms with Gasteiger partial charge in [0.15, 0.2) is 11.9 Å². The van der Waals surface area contributed by atoms with Gasteiger partial charge in [-0.25, -0.2) is 0 Å². The summed E-state index contributed by atoms with van der Waals surface area (Å²) in [5.74, 6) is 0.0841. The maximum Gasteiger partial charge on any atom is 0.387 e. The van der Waals surface area contributed by atoms with Gasteiger partial charge < -0.3 is 15.0 Å². The van der Waals surface area contributed by atoms with Crippen LogP contribution >= 0.6 is 0 Å². The number of nitrogens with one attached hydrogen (secondary N) is 4. The Kier molecular flexibility index (Phi) is 5.51. The van der Waals surface area contributed by atoms with E-state index in [0.717, 1.165) is 32.4 Å². The van der Waals surface area contributed by atoms with Crippen LogP contribution in [0.25, 0.3) is 0 Å². The van der Waals surface area contributed by atoms with Crippen LogP contribution in [-0.2, 0) is 0 Å².